The minimum Gasteiger partial charge on any atom is -0.493 e. The van der Waals surface area contributed by atoms with Crippen molar-refractivity contribution in [3.63, 3.8) is 0 Å². The Morgan fingerprint density at radius 3 is 2.18 bits per heavy atom. The second-order valence-corrected chi connectivity index (χ2v) is 8.27. The molecule has 2 unspecified atom stereocenters. The molecule has 2 aromatic carbocycles. The third-order valence-electron chi connectivity index (χ3n) is 4.26. The van der Waals surface area contributed by atoms with Crippen LogP contribution in [-0.2, 0) is 24.1 Å². The zero-order valence-corrected chi connectivity index (χ0v) is 16.9. The van der Waals surface area contributed by atoms with Crippen LogP contribution in [0.25, 0.3) is 0 Å². The minimum atomic E-state index is -3.90. The summed E-state index contributed by atoms with van der Waals surface area (Å²) < 4.78 is 42.1. The van der Waals surface area contributed by atoms with Crippen molar-refractivity contribution in [1.29, 1.82) is 0 Å². The van der Waals surface area contributed by atoms with E-state index in [1.165, 1.54) is 19.2 Å². The van der Waals surface area contributed by atoms with Crippen molar-refractivity contribution >= 4 is 15.8 Å². The lowest BCUT2D eigenvalue weighted by atomic mass is 10.1. The lowest BCUT2D eigenvalue weighted by Crippen LogP contribution is -2.36. The molecule has 2 atom stereocenters. The summed E-state index contributed by atoms with van der Waals surface area (Å²) in [6, 6.07) is 17.2. The van der Waals surface area contributed by atoms with Crippen LogP contribution in [0.1, 0.15) is 19.8 Å². The van der Waals surface area contributed by atoms with Gasteiger partial charge in [-0.2, -0.15) is 0 Å². The second-order valence-electron chi connectivity index (χ2n) is 6.14. The van der Waals surface area contributed by atoms with Crippen molar-refractivity contribution in [2.24, 2.45) is 0 Å². The molecule has 0 N–H and O–H groups in total. The van der Waals surface area contributed by atoms with Crippen LogP contribution < -0.4 is 4.74 Å². The van der Waals surface area contributed by atoms with Gasteiger partial charge in [-0.25, -0.2) is 8.42 Å². The molecule has 0 aliphatic carbocycles. The predicted octanol–water partition coefficient (Wildman–Crippen LogP) is 3.27. The average Bonchev–Trinajstić information content (AvgIpc) is 2.72. The van der Waals surface area contributed by atoms with Gasteiger partial charge >= 0.3 is 5.97 Å². The molecule has 0 heterocycles. The first-order chi connectivity index (χ1) is 13.5. The van der Waals surface area contributed by atoms with Gasteiger partial charge in [0.2, 0.25) is 0 Å². The highest BCUT2D eigenvalue weighted by molar-refractivity contribution is 7.92. The van der Waals surface area contributed by atoms with E-state index in [4.69, 9.17) is 14.2 Å². The van der Waals surface area contributed by atoms with Gasteiger partial charge in [0.1, 0.15) is 5.75 Å². The number of benzene rings is 2. The maximum Gasteiger partial charge on any atom is 0.324 e. The van der Waals surface area contributed by atoms with Gasteiger partial charge in [-0.1, -0.05) is 36.4 Å². The Bertz CT molecular complexity index is 820. The van der Waals surface area contributed by atoms with Crippen molar-refractivity contribution in [1.82, 2.24) is 0 Å². The Morgan fingerprint density at radius 2 is 1.61 bits per heavy atom. The van der Waals surface area contributed by atoms with Gasteiger partial charge in [0, 0.05) is 20.0 Å². The highest BCUT2D eigenvalue weighted by Crippen LogP contribution is 2.23. The topological polar surface area (TPSA) is 78.9 Å². The van der Waals surface area contributed by atoms with Crippen molar-refractivity contribution < 1.29 is 27.4 Å². The van der Waals surface area contributed by atoms with E-state index in [1.807, 2.05) is 30.3 Å². The number of esters is 1. The first-order valence-electron chi connectivity index (χ1n) is 9.15. The van der Waals surface area contributed by atoms with Crippen molar-refractivity contribution in [2.45, 2.75) is 36.0 Å². The zero-order chi connectivity index (χ0) is 20.4. The summed E-state index contributed by atoms with van der Waals surface area (Å²) >= 11 is 0. The Morgan fingerprint density at radius 1 is 1.00 bits per heavy atom. The number of hydrogen-bond acceptors (Lipinski definition) is 6. The van der Waals surface area contributed by atoms with E-state index in [0.717, 1.165) is 5.75 Å². The lowest BCUT2D eigenvalue weighted by molar-refractivity contribution is -0.143. The smallest absolute Gasteiger partial charge is 0.324 e. The molecule has 0 aliphatic heterocycles. The number of para-hydroxylation sites is 1. The SMILES string of the molecule is CCOC(=O)C(CC(CCOc1ccccc1)OC)S(=O)(=O)c1ccccc1. The Labute approximate surface area is 166 Å². The number of carbonyl (C=O) groups is 1. The van der Waals surface area contributed by atoms with Gasteiger partial charge < -0.3 is 14.2 Å². The van der Waals surface area contributed by atoms with Crippen LogP contribution in [0.3, 0.4) is 0 Å². The Balaban J connectivity index is 2.10. The molecule has 0 amide bonds. The molecule has 2 aromatic rings. The van der Waals surface area contributed by atoms with Crippen LogP contribution in [0.2, 0.25) is 0 Å². The summed E-state index contributed by atoms with van der Waals surface area (Å²) in [7, 11) is -2.41. The molecule has 0 saturated heterocycles. The molecular weight excluding hydrogens is 380 g/mol. The fraction of sp³-hybridized carbons (Fsp3) is 0.381. The molecule has 0 aromatic heterocycles. The van der Waals surface area contributed by atoms with Crippen molar-refractivity contribution in [3.8, 4) is 5.75 Å². The van der Waals surface area contributed by atoms with Crippen molar-refractivity contribution in [3.05, 3.63) is 60.7 Å². The molecule has 0 radical (unpaired) electrons. The van der Waals surface area contributed by atoms with Gasteiger partial charge in [-0.15, -0.1) is 0 Å². The Hall–Kier alpha value is -2.38. The molecule has 0 spiro atoms. The van der Waals surface area contributed by atoms with E-state index >= 15 is 0 Å². The number of ether oxygens (including phenoxy) is 3. The maximum absolute atomic E-state index is 13.0. The molecular formula is C21H26O6S. The maximum atomic E-state index is 13.0. The predicted molar refractivity (Wildman–Crippen MR) is 106 cm³/mol. The monoisotopic (exact) mass is 406 g/mol. The summed E-state index contributed by atoms with van der Waals surface area (Å²) in [5.41, 5.74) is 0. The fourth-order valence-corrected chi connectivity index (χ4v) is 4.41. The number of hydrogen-bond donors (Lipinski definition) is 0. The molecule has 152 valence electrons. The van der Waals surface area contributed by atoms with Gasteiger partial charge in [-0.05, 0) is 31.2 Å². The number of sulfone groups is 1. The summed E-state index contributed by atoms with van der Waals surface area (Å²) in [4.78, 5) is 12.5. The van der Waals surface area contributed by atoms with E-state index in [9.17, 15) is 13.2 Å². The average molecular weight is 407 g/mol. The van der Waals surface area contributed by atoms with Crippen molar-refractivity contribution in [2.75, 3.05) is 20.3 Å². The van der Waals surface area contributed by atoms with Crippen LogP contribution >= 0.6 is 0 Å². The summed E-state index contributed by atoms with van der Waals surface area (Å²) in [5, 5.41) is -1.34. The summed E-state index contributed by atoms with van der Waals surface area (Å²) in [6.07, 6.45) is -0.0485. The van der Waals surface area contributed by atoms with Gasteiger partial charge in [-0.3, -0.25) is 4.79 Å². The lowest BCUT2D eigenvalue weighted by Gasteiger charge is -2.22. The first-order valence-corrected chi connectivity index (χ1v) is 10.7. The number of rotatable bonds is 11. The normalized spacial score (nSPS) is 13.5. The highest BCUT2D eigenvalue weighted by Gasteiger charge is 2.37. The first kappa shape index (κ1) is 21.9. The standard InChI is InChI=1S/C21H26O6S/c1-3-26-21(22)20(28(23,24)19-12-8-5-9-13-19)16-18(25-2)14-15-27-17-10-6-4-7-11-17/h4-13,18,20H,3,14-16H2,1-2H3. The summed E-state index contributed by atoms with van der Waals surface area (Å²) in [5.74, 6) is -0.0476. The molecule has 28 heavy (non-hydrogen) atoms. The van der Waals surface area contributed by atoms with Crippen LogP contribution in [0.15, 0.2) is 65.6 Å². The van der Waals surface area contributed by atoms with E-state index in [-0.39, 0.29) is 17.9 Å². The summed E-state index contributed by atoms with van der Waals surface area (Å²) in [6.45, 7) is 2.09. The Kier molecular flexibility index (Phi) is 8.47. The molecule has 7 heteroatoms. The van der Waals surface area contributed by atoms with Crippen LogP contribution in [0.4, 0.5) is 0 Å². The largest absolute Gasteiger partial charge is 0.493 e. The minimum absolute atomic E-state index is 0.00922. The molecule has 0 saturated carbocycles. The fourth-order valence-electron chi connectivity index (χ4n) is 2.75. The molecule has 0 fully saturated rings. The molecule has 0 aliphatic rings. The third kappa shape index (κ3) is 6.07. The van der Waals surface area contributed by atoms with E-state index in [1.54, 1.807) is 25.1 Å². The van der Waals surface area contributed by atoms with Crippen LogP contribution in [0.5, 0.6) is 5.75 Å². The molecule has 0 bridgehead atoms. The number of methoxy groups -OCH3 is 1. The van der Waals surface area contributed by atoms with Gasteiger partial charge in [0.25, 0.3) is 0 Å². The zero-order valence-electron chi connectivity index (χ0n) is 16.1. The quantitative estimate of drug-likeness (QED) is 0.533. The molecule has 6 nitrogen and oxygen atoms in total. The molecule has 2 rings (SSSR count). The van der Waals surface area contributed by atoms with Gasteiger partial charge in [0.05, 0.1) is 24.2 Å². The van der Waals surface area contributed by atoms with Gasteiger partial charge in [0.15, 0.2) is 15.1 Å². The van der Waals surface area contributed by atoms with E-state index in [0.29, 0.717) is 13.0 Å². The second kappa shape index (κ2) is 10.8. The highest BCUT2D eigenvalue weighted by atomic mass is 32.2. The number of carbonyl (C=O) groups excluding carboxylic acids is 1. The van der Waals surface area contributed by atoms with E-state index < -0.39 is 27.2 Å². The van der Waals surface area contributed by atoms with Crippen LogP contribution in [0, 0.1) is 0 Å². The third-order valence-corrected chi connectivity index (χ3v) is 6.32. The van der Waals surface area contributed by atoms with Crippen LogP contribution in [-0.4, -0.2) is 46.1 Å². The van der Waals surface area contributed by atoms with E-state index in [2.05, 4.69) is 0 Å².